The summed E-state index contributed by atoms with van der Waals surface area (Å²) in [5.41, 5.74) is 3.02. The summed E-state index contributed by atoms with van der Waals surface area (Å²) in [6, 6.07) is 6.96. The fourth-order valence-corrected chi connectivity index (χ4v) is 3.01. The minimum Gasteiger partial charge on any atom is -0.378 e. The van der Waals surface area contributed by atoms with Gasteiger partial charge >= 0.3 is 0 Å². The van der Waals surface area contributed by atoms with Crippen LogP contribution in [0, 0.1) is 5.82 Å². The van der Waals surface area contributed by atoms with Crippen molar-refractivity contribution in [2.75, 3.05) is 18.6 Å². The summed E-state index contributed by atoms with van der Waals surface area (Å²) in [7, 11) is 1.64. The second kappa shape index (κ2) is 5.58. The van der Waals surface area contributed by atoms with Crippen LogP contribution in [0.15, 0.2) is 30.6 Å². The second-order valence-electron chi connectivity index (χ2n) is 5.60. The van der Waals surface area contributed by atoms with Crippen LogP contribution in [0.4, 0.5) is 10.2 Å². The molecule has 0 aliphatic carbocycles. The first-order valence-electron chi connectivity index (χ1n) is 7.45. The molecule has 23 heavy (non-hydrogen) atoms. The minimum absolute atomic E-state index is 0.179. The molecule has 0 radical (unpaired) electrons. The van der Waals surface area contributed by atoms with Crippen molar-refractivity contribution >= 4 is 11.6 Å². The van der Waals surface area contributed by atoms with Crippen LogP contribution in [0.2, 0.25) is 0 Å². The fourth-order valence-electron chi connectivity index (χ4n) is 3.01. The molecule has 0 spiro atoms. The molecule has 118 valence electrons. The van der Waals surface area contributed by atoms with Crippen LogP contribution in [-0.4, -0.2) is 33.2 Å². The van der Waals surface area contributed by atoms with Crippen molar-refractivity contribution in [3.63, 3.8) is 0 Å². The van der Waals surface area contributed by atoms with E-state index >= 15 is 0 Å². The molecule has 7 heteroatoms. The Labute approximate surface area is 132 Å². The number of anilines is 1. The Balaban J connectivity index is 1.74. The van der Waals surface area contributed by atoms with Gasteiger partial charge in [-0.3, -0.25) is 0 Å². The Kier molecular flexibility index (Phi) is 3.42. The van der Waals surface area contributed by atoms with Crippen LogP contribution in [-0.2, 0) is 24.3 Å². The van der Waals surface area contributed by atoms with Gasteiger partial charge in [-0.1, -0.05) is 6.07 Å². The van der Waals surface area contributed by atoms with E-state index in [2.05, 4.69) is 20.0 Å². The predicted molar refractivity (Wildman–Crippen MR) is 82.6 cm³/mol. The van der Waals surface area contributed by atoms with Crippen molar-refractivity contribution in [1.29, 1.82) is 0 Å². The van der Waals surface area contributed by atoms with E-state index in [4.69, 9.17) is 4.74 Å². The lowest BCUT2D eigenvalue weighted by molar-refractivity contribution is 0.181. The lowest BCUT2D eigenvalue weighted by Crippen LogP contribution is -2.32. The number of hydrogen-bond donors (Lipinski definition) is 0. The molecule has 0 amide bonds. The van der Waals surface area contributed by atoms with E-state index in [-0.39, 0.29) is 5.82 Å². The van der Waals surface area contributed by atoms with Crippen molar-refractivity contribution in [2.24, 2.45) is 0 Å². The van der Waals surface area contributed by atoms with Gasteiger partial charge in [0, 0.05) is 26.3 Å². The Morgan fingerprint density at radius 1 is 1.26 bits per heavy atom. The first kappa shape index (κ1) is 14.1. The molecule has 4 rings (SSSR count). The number of ether oxygens (including phenoxy) is 1. The van der Waals surface area contributed by atoms with E-state index in [0.717, 1.165) is 35.6 Å². The van der Waals surface area contributed by atoms with Crippen LogP contribution in [0.5, 0.6) is 0 Å². The van der Waals surface area contributed by atoms with Crippen LogP contribution in [0.1, 0.15) is 16.8 Å². The maximum Gasteiger partial charge on any atom is 0.254 e. The summed E-state index contributed by atoms with van der Waals surface area (Å²) in [6.45, 7) is 1.93. The van der Waals surface area contributed by atoms with Crippen molar-refractivity contribution in [3.05, 3.63) is 53.2 Å². The molecule has 3 aromatic rings. The van der Waals surface area contributed by atoms with Gasteiger partial charge in [-0.25, -0.2) is 9.37 Å². The van der Waals surface area contributed by atoms with E-state index < -0.39 is 0 Å². The largest absolute Gasteiger partial charge is 0.378 e. The summed E-state index contributed by atoms with van der Waals surface area (Å²) < 4.78 is 20.3. The van der Waals surface area contributed by atoms with E-state index in [1.54, 1.807) is 17.7 Å². The predicted octanol–water partition coefficient (Wildman–Crippen LogP) is 1.97. The SMILES string of the molecule is COCc1cc(N2CCc3cc(F)ccc3C2)n2ncnc2n1. The highest BCUT2D eigenvalue weighted by Crippen LogP contribution is 2.25. The highest BCUT2D eigenvalue weighted by atomic mass is 19.1. The number of methoxy groups -OCH3 is 1. The minimum atomic E-state index is -0.179. The van der Waals surface area contributed by atoms with Gasteiger partial charge in [-0.15, -0.1) is 0 Å². The van der Waals surface area contributed by atoms with Gasteiger partial charge in [0.25, 0.3) is 5.78 Å². The molecule has 0 atom stereocenters. The maximum absolute atomic E-state index is 13.4. The third-order valence-electron chi connectivity index (χ3n) is 4.08. The standard InChI is InChI=1S/C16H16FN5O/c1-23-9-14-7-15(22-16(20-14)18-10-19-22)21-5-4-11-6-13(17)3-2-12(11)8-21/h2-3,6-7,10H,4-5,8-9H2,1H3. The average molecular weight is 313 g/mol. The third kappa shape index (κ3) is 2.53. The molecular weight excluding hydrogens is 297 g/mol. The van der Waals surface area contributed by atoms with E-state index in [1.807, 2.05) is 12.1 Å². The fraction of sp³-hybridized carbons (Fsp3) is 0.312. The van der Waals surface area contributed by atoms with Crippen molar-refractivity contribution in [1.82, 2.24) is 19.6 Å². The Morgan fingerprint density at radius 2 is 2.17 bits per heavy atom. The van der Waals surface area contributed by atoms with Crippen molar-refractivity contribution < 1.29 is 9.13 Å². The number of rotatable bonds is 3. The van der Waals surface area contributed by atoms with Crippen molar-refractivity contribution in [3.8, 4) is 0 Å². The zero-order chi connectivity index (χ0) is 15.8. The maximum atomic E-state index is 13.4. The quantitative estimate of drug-likeness (QED) is 0.740. The lowest BCUT2D eigenvalue weighted by Gasteiger charge is -2.30. The van der Waals surface area contributed by atoms with Crippen LogP contribution in [0.25, 0.3) is 5.78 Å². The third-order valence-corrected chi connectivity index (χ3v) is 4.08. The summed E-state index contributed by atoms with van der Waals surface area (Å²) in [4.78, 5) is 10.8. The molecule has 0 saturated heterocycles. The lowest BCUT2D eigenvalue weighted by atomic mass is 9.99. The molecule has 0 unspecified atom stereocenters. The van der Waals surface area contributed by atoms with Crippen LogP contribution >= 0.6 is 0 Å². The molecule has 0 saturated carbocycles. The van der Waals surface area contributed by atoms with E-state index in [0.29, 0.717) is 18.9 Å². The molecule has 2 aromatic heterocycles. The molecular formula is C16H16FN5O. The smallest absolute Gasteiger partial charge is 0.254 e. The zero-order valence-corrected chi connectivity index (χ0v) is 12.7. The molecule has 0 N–H and O–H groups in total. The molecule has 0 bridgehead atoms. The van der Waals surface area contributed by atoms with Crippen LogP contribution < -0.4 is 4.90 Å². The molecule has 1 aliphatic heterocycles. The Bertz CT molecular complexity index is 863. The number of benzene rings is 1. The van der Waals surface area contributed by atoms with Gasteiger partial charge in [-0.2, -0.15) is 14.6 Å². The monoisotopic (exact) mass is 313 g/mol. The topological polar surface area (TPSA) is 55.6 Å². The first-order valence-corrected chi connectivity index (χ1v) is 7.45. The number of hydrogen-bond acceptors (Lipinski definition) is 5. The van der Waals surface area contributed by atoms with Gasteiger partial charge in [0.05, 0.1) is 12.3 Å². The van der Waals surface area contributed by atoms with Gasteiger partial charge in [0.2, 0.25) is 0 Å². The van der Waals surface area contributed by atoms with Gasteiger partial charge in [0.1, 0.15) is 18.0 Å². The van der Waals surface area contributed by atoms with Crippen LogP contribution in [0.3, 0.4) is 0 Å². The van der Waals surface area contributed by atoms with Gasteiger partial charge < -0.3 is 9.64 Å². The number of fused-ring (bicyclic) bond motifs is 2. The summed E-state index contributed by atoms with van der Waals surface area (Å²) in [6.07, 6.45) is 2.29. The Morgan fingerprint density at radius 3 is 3.04 bits per heavy atom. The van der Waals surface area contributed by atoms with Crippen molar-refractivity contribution in [2.45, 2.75) is 19.6 Å². The zero-order valence-electron chi connectivity index (χ0n) is 12.7. The number of nitrogens with zero attached hydrogens (tertiary/aromatic N) is 5. The normalized spacial score (nSPS) is 14.3. The second-order valence-corrected chi connectivity index (χ2v) is 5.60. The summed E-state index contributed by atoms with van der Waals surface area (Å²) in [5, 5.41) is 4.27. The highest BCUT2D eigenvalue weighted by molar-refractivity contribution is 5.50. The van der Waals surface area contributed by atoms with Gasteiger partial charge in [-0.05, 0) is 29.7 Å². The Hall–Kier alpha value is -2.54. The number of halogens is 1. The molecule has 0 fully saturated rings. The first-order chi connectivity index (χ1) is 11.2. The average Bonchev–Trinajstić information content (AvgIpc) is 3.02. The molecule has 1 aromatic carbocycles. The van der Waals surface area contributed by atoms with E-state index in [1.165, 1.54) is 12.4 Å². The van der Waals surface area contributed by atoms with E-state index in [9.17, 15) is 4.39 Å². The molecule has 3 heterocycles. The van der Waals surface area contributed by atoms with Gasteiger partial charge in [0.15, 0.2) is 0 Å². The summed E-state index contributed by atoms with van der Waals surface area (Å²) >= 11 is 0. The number of aromatic nitrogens is 4. The molecule has 1 aliphatic rings. The highest BCUT2D eigenvalue weighted by Gasteiger charge is 2.20. The molecule has 6 nitrogen and oxygen atoms in total. The summed E-state index contributed by atoms with van der Waals surface area (Å²) in [5.74, 6) is 1.30.